The van der Waals surface area contributed by atoms with Gasteiger partial charge in [0.25, 0.3) is 0 Å². The summed E-state index contributed by atoms with van der Waals surface area (Å²) in [7, 11) is 5.42. The number of hydrogen-bond acceptors (Lipinski definition) is 0. The minimum atomic E-state index is -0.863. The third-order valence-corrected chi connectivity index (χ3v) is 7.50. The predicted octanol–water partition coefficient (Wildman–Crippen LogP) is 3.39. The lowest BCUT2D eigenvalue weighted by Crippen LogP contribution is -2.21. The summed E-state index contributed by atoms with van der Waals surface area (Å²) in [6.45, 7) is 8.78. The fraction of sp³-hybridized carbons (Fsp3) is 1.00. The highest BCUT2D eigenvalue weighted by Crippen LogP contribution is 2.59. The lowest BCUT2D eigenvalue weighted by Gasteiger charge is -2.40. The monoisotopic (exact) mass is 168 g/mol. The van der Waals surface area contributed by atoms with Crippen molar-refractivity contribution in [1.29, 1.82) is 0 Å². The Hall–Kier alpha value is 0.640. The molecule has 0 radical (unpaired) electrons. The van der Waals surface area contributed by atoms with Gasteiger partial charge in [0.1, 0.15) is 0 Å². The Morgan fingerprint density at radius 3 is 1.67 bits per heavy atom. The topological polar surface area (TPSA) is 0 Å². The first-order chi connectivity index (χ1) is 3.81. The number of hydrogen-bond donors (Lipinski definition) is 0. The first-order valence-electron chi connectivity index (χ1n) is 3.26. The van der Waals surface area contributed by atoms with Crippen LogP contribution in [0.5, 0.6) is 0 Å². The Morgan fingerprint density at radius 1 is 1.33 bits per heavy atom. The van der Waals surface area contributed by atoms with Crippen LogP contribution in [0.2, 0.25) is 0 Å². The van der Waals surface area contributed by atoms with Gasteiger partial charge in [0.15, 0.2) is 0 Å². The van der Waals surface area contributed by atoms with E-state index in [0.29, 0.717) is 4.75 Å². The van der Waals surface area contributed by atoms with E-state index in [1.807, 2.05) is 0 Å². The molecule has 0 aromatic rings. The summed E-state index contributed by atoms with van der Waals surface area (Å²) in [4.78, 5) is 0. The third-order valence-electron chi connectivity index (χ3n) is 1.82. The number of rotatable bonds is 1. The van der Waals surface area contributed by atoms with Crippen LogP contribution in [0.3, 0.4) is 0 Å². The van der Waals surface area contributed by atoms with E-state index in [4.69, 9.17) is 10.7 Å². The van der Waals surface area contributed by atoms with E-state index in [1.54, 1.807) is 0 Å². The molecular formula is C7H17ClS. The van der Waals surface area contributed by atoms with Crippen molar-refractivity contribution in [3.63, 3.8) is 0 Å². The second kappa shape index (κ2) is 2.71. The van der Waals surface area contributed by atoms with Crippen molar-refractivity contribution in [2.45, 2.75) is 32.4 Å². The number of halogens is 1. The molecule has 58 valence electrons. The predicted molar refractivity (Wildman–Crippen MR) is 49.7 cm³/mol. The molecule has 0 nitrogen and oxygen atoms in total. The van der Waals surface area contributed by atoms with Crippen LogP contribution in [-0.2, 0) is 0 Å². The molecule has 0 amide bonds. The summed E-state index contributed by atoms with van der Waals surface area (Å²) in [5, 5.41) is 0. The largest absolute Gasteiger partial charge is 0.161 e. The zero-order valence-electron chi connectivity index (χ0n) is 6.99. The highest BCUT2D eigenvalue weighted by molar-refractivity contribution is 8.51. The van der Waals surface area contributed by atoms with Gasteiger partial charge >= 0.3 is 0 Å². The molecule has 0 aromatic carbocycles. The average Bonchev–Trinajstić information content (AvgIpc) is 1.64. The quantitative estimate of drug-likeness (QED) is 0.563. The minimum Gasteiger partial charge on any atom is -0.161 e. The van der Waals surface area contributed by atoms with Crippen LogP contribution in [0.15, 0.2) is 0 Å². The molecule has 0 rings (SSSR count). The SMILES string of the molecule is CCS(C)(Cl)C(C)(C)C. The zero-order chi connectivity index (χ0) is 7.71. The first kappa shape index (κ1) is 9.64. The molecule has 0 aliphatic rings. The van der Waals surface area contributed by atoms with Gasteiger partial charge in [0.2, 0.25) is 0 Å². The lowest BCUT2D eigenvalue weighted by molar-refractivity contribution is 0.793. The maximum atomic E-state index is 6.28. The van der Waals surface area contributed by atoms with E-state index >= 15 is 0 Å². The van der Waals surface area contributed by atoms with Gasteiger partial charge < -0.3 is 0 Å². The summed E-state index contributed by atoms with van der Waals surface area (Å²) in [6, 6.07) is 0. The Kier molecular flexibility index (Phi) is 2.90. The van der Waals surface area contributed by atoms with Crippen molar-refractivity contribution in [3.05, 3.63) is 0 Å². The van der Waals surface area contributed by atoms with Crippen LogP contribution in [-0.4, -0.2) is 16.8 Å². The van der Waals surface area contributed by atoms with E-state index in [9.17, 15) is 0 Å². The van der Waals surface area contributed by atoms with E-state index < -0.39 is 9.24 Å². The second-order valence-electron chi connectivity index (χ2n) is 3.38. The van der Waals surface area contributed by atoms with E-state index in [-0.39, 0.29) is 0 Å². The summed E-state index contributed by atoms with van der Waals surface area (Å²) < 4.78 is 0.295. The summed E-state index contributed by atoms with van der Waals surface area (Å²) in [5.41, 5.74) is 0. The van der Waals surface area contributed by atoms with Gasteiger partial charge in [-0.25, -0.2) is 0 Å². The third kappa shape index (κ3) is 2.38. The Bertz CT molecular complexity index is 91.6. The molecule has 9 heavy (non-hydrogen) atoms. The maximum absolute atomic E-state index is 6.28. The van der Waals surface area contributed by atoms with Crippen molar-refractivity contribution >= 4 is 19.9 Å². The molecule has 1 unspecified atom stereocenters. The summed E-state index contributed by atoms with van der Waals surface area (Å²) in [5.74, 6) is 1.11. The van der Waals surface area contributed by atoms with Gasteiger partial charge in [-0.2, -0.15) is 9.24 Å². The normalized spacial score (nSPS) is 22.9. The molecule has 1 atom stereocenters. The Balaban J connectivity index is 4.14. The van der Waals surface area contributed by atoms with E-state index in [1.165, 1.54) is 0 Å². The van der Waals surface area contributed by atoms with E-state index in [2.05, 4.69) is 34.0 Å². The second-order valence-corrected chi connectivity index (χ2v) is 9.18. The smallest absolute Gasteiger partial charge is 0.00394 e. The van der Waals surface area contributed by atoms with Gasteiger partial charge in [-0.3, -0.25) is 0 Å². The van der Waals surface area contributed by atoms with Gasteiger partial charge in [0.05, 0.1) is 0 Å². The molecule has 0 bridgehead atoms. The molecule has 2 heteroatoms. The van der Waals surface area contributed by atoms with Crippen LogP contribution in [0.4, 0.5) is 0 Å². The fourth-order valence-electron chi connectivity index (χ4n) is 0.433. The van der Waals surface area contributed by atoms with Crippen molar-refractivity contribution in [3.8, 4) is 0 Å². The van der Waals surface area contributed by atoms with Crippen molar-refractivity contribution in [2.75, 3.05) is 12.0 Å². The van der Waals surface area contributed by atoms with Gasteiger partial charge in [-0.05, 0) is 12.0 Å². The summed E-state index contributed by atoms with van der Waals surface area (Å²) >= 11 is 0. The van der Waals surface area contributed by atoms with Crippen LogP contribution in [0.1, 0.15) is 27.7 Å². The van der Waals surface area contributed by atoms with Crippen molar-refractivity contribution in [2.24, 2.45) is 0 Å². The molecule has 0 aromatic heterocycles. The molecule has 0 fully saturated rings. The van der Waals surface area contributed by atoms with Crippen molar-refractivity contribution < 1.29 is 0 Å². The zero-order valence-corrected chi connectivity index (χ0v) is 8.57. The van der Waals surface area contributed by atoms with Crippen LogP contribution >= 0.6 is 19.9 Å². The Labute approximate surface area is 64.8 Å². The molecule has 0 N–H and O–H groups in total. The van der Waals surface area contributed by atoms with Gasteiger partial charge in [-0.1, -0.05) is 38.4 Å². The molecule has 0 aliphatic carbocycles. The molecule has 0 saturated heterocycles. The van der Waals surface area contributed by atoms with Crippen molar-refractivity contribution in [1.82, 2.24) is 0 Å². The molecular weight excluding hydrogens is 152 g/mol. The van der Waals surface area contributed by atoms with E-state index in [0.717, 1.165) is 5.75 Å². The minimum absolute atomic E-state index is 0.295. The average molecular weight is 169 g/mol. The Morgan fingerprint density at radius 2 is 1.67 bits per heavy atom. The standard InChI is InChI=1S/C7H17ClS/c1-6-9(5,8)7(2,3)4/h6H2,1-5H3. The van der Waals surface area contributed by atoms with Crippen LogP contribution < -0.4 is 0 Å². The van der Waals surface area contributed by atoms with Gasteiger partial charge in [-0.15, -0.1) is 0 Å². The van der Waals surface area contributed by atoms with Crippen LogP contribution in [0, 0.1) is 0 Å². The molecule has 0 heterocycles. The highest BCUT2D eigenvalue weighted by atomic mass is 35.7. The highest BCUT2D eigenvalue weighted by Gasteiger charge is 2.27. The fourth-order valence-corrected chi connectivity index (χ4v) is 1.30. The molecule has 0 spiro atoms. The molecule has 0 saturated carbocycles. The molecule has 0 aliphatic heterocycles. The van der Waals surface area contributed by atoms with Gasteiger partial charge in [0, 0.05) is 4.75 Å². The maximum Gasteiger partial charge on any atom is 0.00394 e. The lowest BCUT2D eigenvalue weighted by atomic mass is 10.3. The summed E-state index contributed by atoms with van der Waals surface area (Å²) in [6.07, 6.45) is 2.18. The first-order valence-corrected chi connectivity index (χ1v) is 6.30. The van der Waals surface area contributed by atoms with Crippen LogP contribution in [0.25, 0.3) is 0 Å².